The summed E-state index contributed by atoms with van der Waals surface area (Å²) in [6.07, 6.45) is 4.05. The van der Waals surface area contributed by atoms with Crippen molar-refractivity contribution in [2.45, 2.75) is 44.8 Å². The fraction of sp³-hybridized carbons (Fsp3) is 0.407. The number of halogens is 1. The summed E-state index contributed by atoms with van der Waals surface area (Å²) >= 11 is 0. The number of carbonyl (C=O) groups excluding carboxylic acids is 2. The fourth-order valence-electron chi connectivity index (χ4n) is 4.79. The van der Waals surface area contributed by atoms with Gasteiger partial charge in [0.1, 0.15) is 24.2 Å². The van der Waals surface area contributed by atoms with Crippen LogP contribution in [-0.2, 0) is 16.1 Å². The Hall–Kier alpha value is -3.59. The summed E-state index contributed by atoms with van der Waals surface area (Å²) < 4.78 is 28.0. The zero-order valence-corrected chi connectivity index (χ0v) is 20.2. The monoisotopic (exact) mass is 492 g/mol. The predicted molar refractivity (Wildman–Crippen MR) is 130 cm³/mol. The van der Waals surface area contributed by atoms with Crippen LogP contribution in [0.25, 0.3) is 0 Å². The Bertz CT molecular complexity index is 1260. The Morgan fingerprint density at radius 1 is 1.19 bits per heavy atom. The van der Waals surface area contributed by atoms with Gasteiger partial charge < -0.3 is 9.47 Å². The maximum absolute atomic E-state index is 14.5. The van der Waals surface area contributed by atoms with E-state index in [1.807, 2.05) is 0 Å². The van der Waals surface area contributed by atoms with Gasteiger partial charge in [-0.25, -0.2) is 9.37 Å². The number of ketones is 1. The van der Waals surface area contributed by atoms with Gasteiger partial charge in [0.25, 0.3) is 0 Å². The first kappa shape index (κ1) is 24.1. The average Bonchev–Trinajstić information content (AvgIpc) is 3.16. The van der Waals surface area contributed by atoms with Crippen LogP contribution in [0, 0.1) is 11.7 Å². The van der Waals surface area contributed by atoms with Gasteiger partial charge in [0.15, 0.2) is 17.4 Å². The van der Waals surface area contributed by atoms with Crippen LogP contribution in [0.4, 0.5) is 10.2 Å². The van der Waals surface area contributed by atoms with Gasteiger partial charge in [-0.2, -0.15) is 5.10 Å². The summed E-state index contributed by atoms with van der Waals surface area (Å²) in [5, 5.41) is 4.52. The summed E-state index contributed by atoms with van der Waals surface area (Å²) in [5.74, 6) is 0.393. The highest BCUT2D eigenvalue weighted by Crippen LogP contribution is 2.32. The van der Waals surface area contributed by atoms with Crippen molar-refractivity contribution in [2.75, 3.05) is 25.2 Å². The second-order valence-electron chi connectivity index (χ2n) is 9.20. The molecule has 36 heavy (non-hydrogen) atoms. The number of hydrogen-bond acceptors (Lipinski definition) is 6. The Morgan fingerprint density at radius 2 is 2.06 bits per heavy atom. The molecule has 8 nitrogen and oxygen atoms in total. The first-order valence-electron chi connectivity index (χ1n) is 12.4. The van der Waals surface area contributed by atoms with Crippen LogP contribution in [-0.4, -0.2) is 46.7 Å². The predicted octanol–water partition coefficient (Wildman–Crippen LogP) is 4.34. The molecular formula is C27H29FN4O4. The summed E-state index contributed by atoms with van der Waals surface area (Å²) in [5.41, 5.74) is 1.50. The van der Waals surface area contributed by atoms with Crippen molar-refractivity contribution in [3.05, 3.63) is 71.4 Å². The molecule has 2 aromatic heterocycles. The molecule has 0 N–H and O–H groups in total. The van der Waals surface area contributed by atoms with Crippen LogP contribution in [0.15, 0.2) is 48.7 Å². The lowest BCUT2D eigenvalue weighted by Crippen LogP contribution is -2.33. The minimum atomic E-state index is -0.598. The van der Waals surface area contributed by atoms with Crippen molar-refractivity contribution < 1.29 is 23.5 Å². The highest BCUT2D eigenvalue weighted by molar-refractivity contribution is 5.95. The summed E-state index contributed by atoms with van der Waals surface area (Å²) in [6, 6.07) is 11.8. The van der Waals surface area contributed by atoms with E-state index in [1.54, 1.807) is 59.2 Å². The smallest absolute Gasteiger partial charge is 0.234 e. The quantitative estimate of drug-likeness (QED) is 0.360. The van der Waals surface area contributed by atoms with E-state index in [9.17, 15) is 14.0 Å². The normalized spacial score (nSPS) is 19.6. The average molecular weight is 493 g/mol. The molecule has 188 valence electrons. The van der Waals surface area contributed by atoms with Gasteiger partial charge in [0.05, 0.1) is 11.6 Å². The van der Waals surface area contributed by atoms with Crippen LogP contribution in [0.1, 0.15) is 60.0 Å². The second-order valence-corrected chi connectivity index (χ2v) is 9.20. The molecule has 5 rings (SSSR count). The lowest BCUT2D eigenvalue weighted by atomic mass is 9.99. The number of pyridine rings is 1. The molecule has 3 aromatic rings. The third kappa shape index (κ3) is 4.88. The lowest BCUT2D eigenvalue weighted by molar-refractivity contribution is -0.122. The van der Waals surface area contributed by atoms with E-state index in [4.69, 9.17) is 9.47 Å². The van der Waals surface area contributed by atoms with E-state index in [2.05, 4.69) is 10.1 Å². The number of benzene rings is 1. The summed E-state index contributed by atoms with van der Waals surface area (Å²) in [7, 11) is 1.71. The Kier molecular flexibility index (Phi) is 7.09. The van der Waals surface area contributed by atoms with E-state index in [0.29, 0.717) is 74.0 Å². The number of Topliss-reactive ketones (excluding diaryl/α,β-unsaturated/α-hetero) is 1. The number of anilines is 1. The van der Waals surface area contributed by atoms with Crippen molar-refractivity contribution in [3.8, 4) is 5.75 Å². The maximum atomic E-state index is 14.5. The molecule has 1 aromatic carbocycles. The first-order valence-corrected chi connectivity index (χ1v) is 12.4. The number of fused-ring (bicyclic) bond motifs is 2. The van der Waals surface area contributed by atoms with Crippen molar-refractivity contribution in [1.82, 2.24) is 14.8 Å². The summed E-state index contributed by atoms with van der Waals surface area (Å²) in [6.45, 7) is 1.40. The molecule has 2 atom stereocenters. The van der Waals surface area contributed by atoms with E-state index in [1.165, 1.54) is 6.07 Å². The summed E-state index contributed by atoms with van der Waals surface area (Å²) in [4.78, 5) is 31.6. The highest BCUT2D eigenvalue weighted by atomic mass is 19.1. The van der Waals surface area contributed by atoms with E-state index in [0.717, 1.165) is 6.42 Å². The molecule has 0 unspecified atom stereocenters. The van der Waals surface area contributed by atoms with Crippen LogP contribution in [0.2, 0.25) is 0 Å². The van der Waals surface area contributed by atoms with Crippen molar-refractivity contribution >= 4 is 17.5 Å². The SMILES string of the molecule is CN1C(=O)[C@@H](CCCCC(=O)c2cc3n(n2)CCCO[C@@H]3c2ccccc2F)COc2cccnc21. The van der Waals surface area contributed by atoms with Crippen LogP contribution < -0.4 is 9.64 Å². The third-order valence-electron chi connectivity index (χ3n) is 6.75. The van der Waals surface area contributed by atoms with Gasteiger partial charge in [-0.05, 0) is 43.5 Å². The van der Waals surface area contributed by atoms with Crippen molar-refractivity contribution in [2.24, 2.45) is 5.92 Å². The number of hydrogen-bond donors (Lipinski definition) is 0. The number of amides is 1. The lowest BCUT2D eigenvalue weighted by Gasteiger charge is -2.18. The first-order chi connectivity index (χ1) is 17.5. The van der Waals surface area contributed by atoms with E-state index >= 15 is 0 Å². The zero-order chi connectivity index (χ0) is 25.1. The Morgan fingerprint density at radius 3 is 2.92 bits per heavy atom. The number of nitrogens with zero attached hydrogens (tertiary/aromatic N) is 4. The standard InChI is InChI=1S/C27H29FN4O4/c1-31-26-24(12-6-13-29-26)36-17-18(27(31)34)8-2-5-11-23(33)21-16-22-25(19-9-3-4-10-20(19)28)35-15-7-14-32(22)30-21/h3-4,6,9-10,12-13,16,18,25H,2,5,7-8,11,14-15,17H2,1H3/t18-,25+/m0/s1. The maximum Gasteiger partial charge on any atom is 0.234 e. The molecule has 4 heterocycles. The Balaban J connectivity index is 1.19. The second kappa shape index (κ2) is 10.6. The molecule has 0 saturated carbocycles. The molecular weight excluding hydrogens is 463 g/mol. The number of rotatable bonds is 7. The topological polar surface area (TPSA) is 86.6 Å². The number of aromatic nitrogens is 3. The van der Waals surface area contributed by atoms with Crippen LogP contribution in [0.5, 0.6) is 5.75 Å². The van der Waals surface area contributed by atoms with Gasteiger partial charge in [-0.3, -0.25) is 19.2 Å². The third-order valence-corrected chi connectivity index (χ3v) is 6.75. The number of unbranched alkanes of at least 4 members (excludes halogenated alkanes) is 1. The van der Waals surface area contributed by atoms with E-state index < -0.39 is 6.10 Å². The molecule has 9 heteroatoms. The number of aryl methyl sites for hydroxylation is 1. The number of ether oxygens (including phenoxy) is 2. The molecule has 1 amide bonds. The minimum Gasteiger partial charge on any atom is -0.489 e. The molecule has 0 spiro atoms. The fourth-order valence-corrected chi connectivity index (χ4v) is 4.79. The van der Waals surface area contributed by atoms with Crippen LogP contribution in [0.3, 0.4) is 0 Å². The van der Waals surface area contributed by atoms with Crippen molar-refractivity contribution in [3.63, 3.8) is 0 Å². The molecule has 0 fully saturated rings. The largest absolute Gasteiger partial charge is 0.489 e. The van der Waals surface area contributed by atoms with Gasteiger partial charge in [-0.15, -0.1) is 0 Å². The number of carbonyl (C=O) groups is 2. The minimum absolute atomic E-state index is 0.0317. The highest BCUT2D eigenvalue weighted by Gasteiger charge is 2.30. The van der Waals surface area contributed by atoms with Gasteiger partial charge >= 0.3 is 0 Å². The zero-order valence-electron chi connectivity index (χ0n) is 20.2. The van der Waals surface area contributed by atoms with Gasteiger partial charge in [-0.1, -0.05) is 24.6 Å². The molecule has 0 bridgehead atoms. The molecule has 2 aliphatic heterocycles. The van der Waals surface area contributed by atoms with Gasteiger partial charge in [0.2, 0.25) is 5.91 Å². The molecule has 0 saturated heterocycles. The van der Waals surface area contributed by atoms with Gasteiger partial charge in [0, 0.05) is 38.4 Å². The van der Waals surface area contributed by atoms with E-state index in [-0.39, 0.29) is 23.4 Å². The molecule has 0 radical (unpaired) electrons. The van der Waals surface area contributed by atoms with Crippen molar-refractivity contribution in [1.29, 1.82) is 0 Å². The molecule has 0 aliphatic carbocycles. The van der Waals surface area contributed by atoms with Crippen LogP contribution >= 0.6 is 0 Å². The Labute approximate surface area is 209 Å². The molecule has 2 aliphatic rings.